The van der Waals surface area contributed by atoms with Gasteiger partial charge in [0.15, 0.2) is 12.0 Å². The van der Waals surface area contributed by atoms with E-state index in [-0.39, 0.29) is 5.75 Å². The van der Waals surface area contributed by atoms with Crippen molar-refractivity contribution in [1.82, 2.24) is 4.98 Å². The minimum Gasteiger partial charge on any atom is -0.298 e. The van der Waals surface area contributed by atoms with Crippen LogP contribution in [0.3, 0.4) is 0 Å². The molecule has 2 aromatic rings. The normalized spacial score (nSPS) is 10.0. The van der Waals surface area contributed by atoms with E-state index in [1.165, 1.54) is 30.1 Å². The highest BCUT2D eigenvalue weighted by molar-refractivity contribution is 7.99. The van der Waals surface area contributed by atoms with Crippen LogP contribution in [0, 0.1) is 0 Å². The third kappa shape index (κ3) is 2.61. The second-order valence-electron chi connectivity index (χ2n) is 3.12. The molecule has 0 N–H and O–H groups in total. The third-order valence-corrected chi connectivity index (χ3v) is 2.90. The monoisotopic (exact) mass is 230 g/mol. The molecule has 0 saturated carbocycles. The van der Waals surface area contributed by atoms with E-state index in [2.05, 4.69) is 4.98 Å². The minimum absolute atomic E-state index is 0.00591. The zero-order valence-electron chi connectivity index (χ0n) is 8.29. The number of aromatic nitrogens is 1. The summed E-state index contributed by atoms with van der Waals surface area (Å²) in [7, 11) is 0. The third-order valence-electron chi connectivity index (χ3n) is 1.94. The lowest BCUT2D eigenvalue weighted by Gasteiger charge is -2.00. The Morgan fingerprint density at radius 2 is 1.81 bits per heavy atom. The Hall–Kier alpha value is -1.81. The largest absolute Gasteiger partial charge is 0.298 e. The van der Waals surface area contributed by atoms with E-state index in [4.69, 9.17) is 0 Å². The Labute approximate surface area is 97.2 Å². The fourth-order valence-corrected chi connectivity index (χ4v) is 1.91. The molecule has 0 amide bonds. The van der Waals surface area contributed by atoms with Gasteiger partial charge < -0.3 is 0 Å². The summed E-state index contributed by atoms with van der Waals surface area (Å²) in [6.45, 7) is 0. The fourth-order valence-electron chi connectivity index (χ4n) is 1.15. The van der Waals surface area contributed by atoms with Crippen LogP contribution in [-0.2, 0) is 5.11 Å². The second kappa shape index (κ2) is 4.81. The predicted octanol–water partition coefficient (Wildman–Crippen LogP) is 3.19. The zero-order valence-corrected chi connectivity index (χ0v) is 9.11. The number of carbonyl (C=O) groups is 1. The first kappa shape index (κ1) is 10.7. The smallest absolute Gasteiger partial charge is 0.178 e. The van der Waals surface area contributed by atoms with Crippen LogP contribution in [-0.4, -0.2) is 11.3 Å². The molecule has 0 unspecified atom stereocenters. The van der Waals surface area contributed by atoms with E-state index < -0.39 is 0 Å². The highest BCUT2D eigenvalue weighted by Gasteiger charge is 1.99. The summed E-state index contributed by atoms with van der Waals surface area (Å²) in [5.41, 5.74) is 0.555. The van der Waals surface area contributed by atoms with Crippen LogP contribution >= 0.6 is 11.8 Å². The number of hydrogen-bond donors (Lipinski definition) is 0. The highest BCUT2D eigenvalue weighted by Crippen LogP contribution is 2.27. The Morgan fingerprint density at radius 3 is 2.38 bits per heavy atom. The van der Waals surface area contributed by atoms with Crippen molar-refractivity contribution in [3.63, 3.8) is 0 Å². The maximum atomic E-state index is 10.9. The predicted molar refractivity (Wildman–Crippen MR) is 60.3 cm³/mol. The summed E-state index contributed by atoms with van der Waals surface area (Å²) in [6.07, 6.45) is 2.28. The molecule has 3 nitrogen and oxygen atoms in total. The second-order valence-corrected chi connectivity index (χ2v) is 4.21. The number of hydrogen-bond acceptors (Lipinski definition) is 3. The van der Waals surface area contributed by atoms with Gasteiger partial charge in [0.2, 0.25) is 0 Å². The van der Waals surface area contributed by atoms with Crippen LogP contribution in [0.1, 0.15) is 10.4 Å². The molecule has 0 aliphatic rings. The molecule has 0 aliphatic carbocycles. The number of benzene rings is 1. The van der Waals surface area contributed by atoms with Crippen LogP contribution in [0.15, 0.2) is 52.5 Å². The lowest BCUT2D eigenvalue weighted by molar-refractivity contribution is 0.112. The van der Waals surface area contributed by atoms with Gasteiger partial charge in [0, 0.05) is 16.7 Å². The number of pyridine rings is 1. The van der Waals surface area contributed by atoms with Crippen molar-refractivity contribution in [2.75, 3.05) is 0 Å². The van der Waals surface area contributed by atoms with Crippen LogP contribution < -0.4 is 0 Å². The molecule has 1 heterocycles. The van der Waals surface area contributed by atoms with Gasteiger partial charge in [-0.05, 0) is 36.4 Å². The van der Waals surface area contributed by atoms with Crippen molar-refractivity contribution in [3.05, 3.63) is 48.2 Å². The molecule has 1 aromatic heterocycles. The van der Waals surface area contributed by atoms with Crippen LogP contribution in [0.5, 0.6) is 5.75 Å². The zero-order chi connectivity index (χ0) is 11.4. The topological polar surface area (TPSA) is 49.9 Å². The molecule has 2 rings (SSSR count). The highest BCUT2D eigenvalue weighted by atomic mass is 32.2. The summed E-state index contributed by atoms with van der Waals surface area (Å²) >= 11 is 1.45. The summed E-state index contributed by atoms with van der Waals surface area (Å²) in [6, 6.07) is 10.0. The molecule has 0 aliphatic heterocycles. The van der Waals surface area contributed by atoms with E-state index in [0.29, 0.717) is 5.56 Å². The lowest BCUT2D eigenvalue weighted by Crippen LogP contribution is -1.83. The molecule has 16 heavy (non-hydrogen) atoms. The average molecular weight is 230 g/mol. The van der Waals surface area contributed by atoms with Gasteiger partial charge in [-0.25, -0.2) is 4.98 Å². The van der Waals surface area contributed by atoms with E-state index >= 15 is 0 Å². The van der Waals surface area contributed by atoms with Gasteiger partial charge >= 0.3 is 0 Å². The number of rotatable bonds is 3. The fraction of sp³-hybridized carbons (Fsp3) is 0. The minimum atomic E-state index is -0.00591. The molecule has 0 saturated heterocycles. The van der Waals surface area contributed by atoms with Crippen LogP contribution in [0.25, 0.3) is 0 Å². The Balaban J connectivity index is 2.14. The summed E-state index contributed by atoms with van der Waals surface area (Å²) in [5.74, 6) is -0.00591. The van der Waals surface area contributed by atoms with Crippen LogP contribution in [0.4, 0.5) is 0 Å². The van der Waals surface area contributed by atoms with Gasteiger partial charge in [-0.1, -0.05) is 11.8 Å². The molecule has 0 bridgehead atoms. The van der Waals surface area contributed by atoms with Gasteiger partial charge in [0.25, 0.3) is 0 Å². The standard InChI is InChI=1S/C12H8NO2S/c14-8-9-1-6-12(13-7-9)16-11-4-2-10(15)3-5-11/h1-8H. The van der Waals surface area contributed by atoms with Crippen molar-refractivity contribution in [3.8, 4) is 5.75 Å². The van der Waals surface area contributed by atoms with E-state index in [1.807, 2.05) is 0 Å². The first-order valence-electron chi connectivity index (χ1n) is 4.64. The molecule has 79 valence electrons. The number of nitrogens with zero attached hydrogens (tertiary/aromatic N) is 1. The molecule has 0 spiro atoms. The molecule has 1 radical (unpaired) electrons. The lowest BCUT2D eigenvalue weighted by atomic mass is 10.3. The van der Waals surface area contributed by atoms with Crippen molar-refractivity contribution in [1.29, 1.82) is 0 Å². The first-order chi connectivity index (χ1) is 7.78. The molecular formula is C12H8NO2S. The van der Waals surface area contributed by atoms with Gasteiger partial charge in [-0.3, -0.25) is 9.90 Å². The average Bonchev–Trinajstić information content (AvgIpc) is 2.33. The maximum Gasteiger partial charge on any atom is 0.178 e. The Morgan fingerprint density at radius 1 is 1.06 bits per heavy atom. The maximum absolute atomic E-state index is 10.9. The summed E-state index contributed by atoms with van der Waals surface area (Å²) in [4.78, 5) is 15.5. The van der Waals surface area contributed by atoms with Crippen molar-refractivity contribution < 1.29 is 9.90 Å². The van der Waals surface area contributed by atoms with Crippen molar-refractivity contribution in [2.24, 2.45) is 0 Å². The molecular weight excluding hydrogens is 222 g/mol. The summed E-state index contributed by atoms with van der Waals surface area (Å²) in [5, 5.41) is 11.7. The number of aldehydes is 1. The van der Waals surface area contributed by atoms with Gasteiger partial charge in [0.05, 0.1) is 0 Å². The van der Waals surface area contributed by atoms with Crippen LogP contribution in [0.2, 0.25) is 0 Å². The Kier molecular flexibility index (Phi) is 3.22. The molecule has 1 aromatic carbocycles. The quantitative estimate of drug-likeness (QED) is 0.761. The molecule has 0 fully saturated rings. The Bertz CT molecular complexity index is 479. The van der Waals surface area contributed by atoms with E-state index in [9.17, 15) is 9.90 Å². The van der Waals surface area contributed by atoms with Gasteiger partial charge in [0.1, 0.15) is 5.03 Å². The SMILES string of the molecule is [O]c1ccc(Sc2ccc(C=O)cn2)cc1. The van der Waals surface area contributed by atoms with Crippen molar-refractivity contribution in [2.45, 2.75) is 9.92 Å². The molecule has 4 heteroatoms. The van der Waals surface area contributed by atoms with E-state index in [1.54, 1.807) is 24.3 Å². The van der Waals surface area contributed by atoms with Crippen molar-refractivity contribution >= 4 is 18.0 Å². The van der Waals surface area contributed by atoms with Gasteiger partial charge in [-0.15, -0.1) is 0 Å². The molecule has 0 atom stereocenters. The number of carbonyl (C=O) groups excluding carboxylic acids is 1. The van der Waals surface area contributed by atoms with E-state index in [0.717, 1.165) is 16.2 Å². The van der Waals surface area contributed by atoms with Gasteiger partial charge in [-0.2, -0.15) is 0 Å². The summed E-state index contributed by atoms with van der Waals surface area (Å²) < 4.78 is 0. The first-order valence-corrected chi connectivity index (χ1v) is 5.46.